The maximum atomic E-state index is 13.5. The van der Waals surface area contributed by atoms with E-state index in [0.29, 0.717) is 44.2 Å². The zero-order valence-electron chi connectivity index (χ0n) is 19.1. The number of anilines is 1. The Morgan fingerprint density at radius 1 is 1.27 bits per heavy atom. The number of hydrogen-bond donors (Lipinski definition) is 1. The summed E-state index contributed by atoms with van der Waals surface area (Å²) in [5, 5.41) is 7.78. The van der Waals surface area contributed by atoms with Crippen LogP contribution in [0.3, 0.4) is 0 Å². The summed E-state index contributed by atoms with van der Waals surface area (Å²) in [5.74, 6) is -1.32. The van der Waals surface area contributed by atoms with E-state index in [0.717, 1.165) is 24.1 Å². The summed E-state index contributed by atoms with van der Waals surface area (Å²) in [5.41, 5.74) is 1.76. The number of halogens is 2. The van der Waals surface area contributed by atoms with Gasteiger partial charge in [-0.15, -0.1) is 0 Å². The third-order valence-electron chi connectivity index (χ3n) is 6.19. The second kappa shape index (κ2) is 10.0. The molecule has 4 rings (SSSR count). The normalized spacial score (nSPS) is 21.1. The van der Waals surface area contributed by atoms with Gasteiger partial charge in [-0.3, -0.25) is 0 Å². The maximum absolute atomic E-state index is 13.5. The van der Waals surface area contributed by atoms with Gasteiger partial charge in [0.25, 0.3) is 0 Å². The lowest BCUT2D eigenvalue weighted by Crippen LogP contribution is -2.43. The van der Waals surface area contributed by atoms with Crippen molar-refractivity contribution < 1.29 is 23.0 Å². The zero-order chi connectivity index (χ0) is 23.4. The molecule has 2 aliphatic rings. The van der Waals surface area contributed by atoms with E-state index in [2.05, 4.69) is 15.4 Å². The number of methoxy groups -OCH3 is 1. The van der Waals surface area contributed by atoms with Crippen LogP contribution in [0.4, 0.5) is 19.4 Å². The molecule has 3 heterocycles. The minimum absolute atomic E-state index is 0.0486. The number of carbonyl (C=O) groups is 1. The molecule has 0 aromatic carbocycles. The molecule has 1 aliphatic carbocycles. The van der Waals surface area contributed by atoms with Crippen LogP contribution in [-0.4, -0.2) is 64.0 Å². The fourth-order valence-electron chi connectivity index (χ4n) is 4.37. The van der Waals surface area contributed by atoms with E-state index in [4.69, 9.17) is 9.47 Å². The average molecular weight is 464 g/mol. The van der Waals surface area contributed by atoms with Crippen LogP contribution in [0, 0.1) is 6.92 Å². The first-order valence-corrected chi connectivity index (χ1v) is 11.4. The molecular weight excluding hydrogens is 432 g/mol. The minimum atomic E-state index is -2.57. The average Bonchev–Trinajstić information content (AvgIpc) is 3.25. The molecule has 2 fully saturated rings. The first-order chi connectivity index (χ1) is 15.8. The first kappa shape index (κ1) is 23.4. The van der Waals surface area contributed by atoms with Gasteiger partial charge < -0.3 is 19.7 Å². The lowest BCUT2D eigenvalue weighted by Gasteiger charge is -2.31. The number of aryl methyl sites for hydroxylation is 1. The molecule has 1 saturated heterocycles. The summed E-state index contributed by atoms with van der Waals surface area (Å²) in [6.07, 6.45) is 3.70. The fraction of sp³-hybridized carbons (Fsp3) is 0.609. The molecule has 8 nitrogen and oxygen atoms in total. The van der Waals surface area contributed by atoms with Crippen molar-refractivity contribution in [1.82, 2.24) is 19.7 Å². The minimum Gasteiger partial charge on any atom is -0.453 e. The van der Waals surface area contributed by atoms with E-state index in [1.54, 1.807) is 9.58 Å². The van der Waals surface area contributed by atoms with Gasteiger partial charge in [0, 0.05) is 31.6 Å². The van der Waals surface area contributed by atoms with Crippen LogP contribution in [0.25, 0.3) is 5.82 Å². The molecule has 1 saturated carbocycles. The highest BCUT2D eigenvalue weighted by molar-refractivity contribution is 5.67. The number of amides is 1. The summed E-state index contributed by atoms with van der Waals surface area (Å²) in [7, 11) is 1.38. The Balaban J connectivity index is 1.47. The van der Waals surface area contributed by atoms with Gasteiger partial charge in [0.05, 0.1) is 32.1 Å². The molecule has 1 atom stereocenters. The van der Waals surface area contributed by atoms with Crippen LogP contribution in [-0.2, 0) is 16.1 Å². The number of ether oxygens (including phenoxy) is 2. The topological polar surface area (TPSA) is 81.5 Å². The number of nitrogens with one attached hydrogen (secondary N) is 1. The number of alkyl halides is 2. The van der Waals surface area contributed by atoms with Crippen LogP contribution < -0.4 is 5.32 Å². The fourth-order valence-corrected chi connectivity index (χ4v) is 4.37. The van der Waals surface area contributed by atoms with Crippen LogP contribution in [0.2, 0.25) is 0 Å². The Hall–Kier alpha value is -2.75. The summed E-state index contributed by atoms with van der Waals surface area (Å²) in [6, 6.07) is 5.65. The van der Waals surface area contributed by atoms with Crippen molar-refractivity contribution in [2.24, 2.45) is 0 Å². The Morgan fingerprint density at radius 2 is 2.06 bits per heavy atom. The van der Waals surface area contributed by atoms with E-state index < -0.39 is 5.92 Å². The van der Waals surface area contributed by atoms with Crippen LogP contribution in [0.15, 0.2) is 24.4 Å². The summed E-state index contributed by atoms with van der Waals surface area (Å²) < 4.78 is 39.7. The highest BCUT2D eigenvalue weighted by Gasteiger charge is 2.35. The SMILES string of the molecule is COC(=O)N1CCCC(OCc2cc(NC3CCC(F)(F)CC3)nc(-n3ccc(C)n3)c2)C1. The predicted molar refractivity (Wildman–Crippen MR) is 119 cm³/mol. The standard InChI is InChI=1S/C23H31F2N5O3/c1-16-7-11-30(28-16)21-13-17(15-33-19-4-3-10-29(14-19)22(31)32-2)12-20(27-21)26-18-5-8-23(24,25)9-6-18/h7,11-13,18-19H,3-6,8-10,14-15H2,1-2H3,(H,26,27). The molecule has 2 aromatic rings. The Morgan fingerprint density at radius 3 is 2.76 bits per heavy atom. The highest BCUT2D eigenvalue weighted by Crippen LogP contribution is 2.34. The molecule has 180 valence electrons. The molecule has 33 heavy (non-hydrogen) atoms. The Kier molecular flexibility index (Phi) is 7.11. The lowest BCUT2D eigenvalue weighted by molar-refractivity contribution is -0.0361. The molecule has 1 N–H and O–H groups in total. The molecule has 0 bridgehead atoms. The largest absolute Gasteiger partial charge is 0.453 e. The molecule has 1 amide bonds. The van der Waals surface area contributed by atoms with Crippen LogP contribution in [0.1, 0.15) is 49.8 Å². The van der Waals surface area contributed by atoms with Crippen molar-refractivity contribution >= 4 is 11.9 Å². The van der Waals surface area contributed by atoms with Crippen molar-refractivity contribution in [2.45, 2.75) is 70.1 Å². The van der Waals surface area contributed by atoms with E-state index in [1.807, 2.05) is 31.3 Å². The number of carbonyl (C=O) groups excluding carboxylic acids is 1. The molecule has 1 aliphatic heterocycles. The van der Waals surface area contributed by atoms with Gasteiger partial charge in [0.15, 0.2) is 5.82 Å². The number of aromatic nitrogens is 3. The van der Waals surface area contributed by atoms with Gasteiger partial charge in [-0.05, 0) is 56.4 Å². The molecule has 10 heteroatoms. The highest BCUT2D eigenvalue weighted by atomic mass is 19.3. The number of pyridine rings is 1. The van der Waals surface area contributed by atoms with Gasteiger partial charge in [0.1, 0.15) is 5.82 Å². The number of rotatable bonds is 6. The maximum Gasteiger partial charge on any atom is 0.409 e. The van der Waals surface area contributed by atoms with Crippen LogP contribution in [0.5, 0.6) is 0 Å². The van der Waals surface area contributed by atoms with Gasteiger partial charge in [-0.25, -0.2) is 23.2 Å². The Labute approximate surface area is 192 Å². The molecule has 2 aromatic heterocycles. The predicted octanol–water partition coefficient (Wildman–Crippen LogP) is 4.31. The molecule has 0 spiro atoms. The van der Waals surface area contributed by atoms with Gasteiger partial charge in [-0.1, -0.05) is 0 Å². The summed E-state index contributed by atoms with van der Waals surface area (Å²) >= 11 is 0. The van der Waals surface area contributed by atoms with E-state index in [9.17, 15) is 13.6 Å². The third kappa shape index (κ3) is 6.19. The van der Waals surface area contributed by atoms with Crippen molar-refractivity contribution in [3.63, 3.8) is 0 Å². The van der Waals surface area contributed by atoms with Gasteiger partial charge >= 0.3 is 6.09 Å². The number of likely N-dealkylation sites (tertiary alicyclic amines) is 1. The number of piperidine rings is 1. The molecule has 1 unspecified atom stereocenters. The second-order valence-electron chi connectivity index (χ2n) is 8.89. The number of nitrogens with zero attached hydrogens (tertiary/aromatic N) is 4. The monoisotopic (exact) mass is 463 g/mol. The third-order valence-corrected chi connectivity index (χ3v) is 6.19. The zero-order valence-corrected chi connectivity index (χ0v) is 19.1. The quantitative estimate of drug-likeness (QED) is 0.688. The van der Waals surface area contributed by atoms with Crippen molar-refractivity contribution in [3.05, 3.63) is 35.7 Å². The van der Waals surface area contributed by atoms with E-state index in [1.165, 1.54) is 7.11 Å². The summed E-state index contributed by atoms with van der Waals surface area (Å²) in [4.78, 5) is 18.2. The van der Waals surface area contributed by atoms with Gasteiger partial charge in [0.2, 0.25) is 5.92 Å². The van der Waals surface area contributed by atoms with Crippen LogP contribution >= 0.6 is 0 Å². The molecular formula is C23H31F2N5O3. The van der Waals surface area contributed by atoms with E-state index >= 15 is 0 Å². The Bertz CT molecular complexity index is 957. The van der Waals surface area contributed by atoms with E-state index in [-0.39, 0.29) is 31.1 Å². The number of hydrogen-bond acceptors (Lipinski definition) is 6. The smallest absolute Gasteiger partial charge is 0.409 e. The van der Waals surface area contributed by atoms with Gasteiger partial charge in [-0.2, -0.15) is 5.10 Å². The second-order valence-corrected chi connectivity index (χ2v) is 8.89. The lowest BCUT2D eigenvalue weighted by atomic mass is 9.92. The summed E-state index contributed by atoms with van der Waals surface area (Å²) in [6.45, 7) is 3.40. The van der Waals surface area contributed by atoms with Crippen molar-refractivity contribution in [2.75, 3.05) is 25.5 Å². The first-order valence-electron chi connectivity index (χ1n) is 11.4. The van der Waals surface area contributed by atoms with Crippen molar-refractivity contribution in [1.29, 1.82) is 0 Å². The van der Waals surface area contributed by atoms with Crippen molar-refractivity contribution in [3.8, 4) is 5.82 Å². The molecule has 0 radical (unpaired) electrons.